The molecule has 0 aromatic heterocycles. The fraction of sp³-hybridized carbons (Fsp3) is 0.381. The lowest BCUT2D eigenvalue weighted by Gasteiger charge is -2.36. The lowest BCUT2D eigenvalue weighted by molar-refractivity contribution is 0.0741. The number of ether oxygens (including phenoxy) is 3. The number of nitrogens with one attached hydrogen (secondary N) is 1. The summed E-state index contributed by atoms with van der Waals surface area (Å²) in [6, 6.07) is 15.5. The van der Waals surface area contributed by atoms with E-state index in [9.17, 15) is 4.79 Å². The van der Waals surface area contributed by atoms with Crippen molar-refractivity contribution in [3.63, 3.8) is 0 Å². The molecule has 0 saturated carbocycles. The molecule has 1 fully saturated rings. The molecule has 27 heavy (non-hydrogen) atoms. The molecule has 1 saturated heterocycles. The summed E-state index contributed by atoms with van der Waals surface area (Å²) in [6.07, 6.45) is 1.80. The first-order valence-electron chi connectivity index (χ1n) is 8.98. The maximum Gasteiger partial charge on any atom is 0.251 e. The van der Waals surface area contributed by atoms with Crippen LogP contribution < -0.4 is 14.8 Å². The van der Waals surface area contributed by atoms with Gasteiger partial charge in [-0.3, -0.25) is 4.79 Å². The van der Waals surface area contributed by atoms with Crippen molar-refractivity contribution < 1.29 is 19.0 Å². The standard InChI is InChI=1S/C21H25NO4S/c1-24-18-9-8-16(14-19(18)25-2)20(23)22-15-21(10-12-26-13-11-21)27-17-6-4-3-5-7-17/h3-9,14H,10-13,15H2,1-2H3,(H,22,23). The Bertz CT molecular complexity index is 760. The highest BCUT2D eigenvalue weighted by Gasteiger charge is 2.34. The van der Waals surface area contributed by atoms with Gasteiger partial charge in [0.2, 0.25) is 0 Å². The zero-order valence-electron chi connectivity index (χ0n) is 15.7. The van der Waals surface area contributed by atoms with Gasteiger partial charge in [-0.15, -0.1) is 11.8 Å². The second kappa shape index (κ2) is 9.15. The van der Waals surface area contributed by atoms with Crippen LogP contribution in [0.25, 0.3) is 0 Å². The van der Waals surface area contributed by atoms with Crippen molar-refractivity contribution in [3.05, 3.63) is 54.1 Å². The molecule has 1 aliphatic rings. The van der Waals surface area contributed by atoms with Gasteiger partial charge < -0.3 is 19.5 Å². The lowest BCUT2D eigenvalue weighted by Crippen LogP contribution is -2.44. The highest BCUT2D eigenvalue weighted by atomic mass is 32.2. The molecule has 1 heterocycles. The van der Waals surface area contributed by atoms with E-state index in [-0.39, 0.29) is 10.7 Å². The molecule has 0 atom stereocenters. The van der Waals surface area contributed by atoms with E-state index in [2.05, 4.69) is 17.4 Å². The Morgan fingerprint density at radius 2 is 1.78 bits per heavy atom. The number of carbonyl (C=O) groups is 1. The number of thioether (sulfide) groups is 1. The molecule has 0 radical (unpaired) electrons. The SMILES string of the molecule is COc1ccc(C(=O)NCC2(Sc3ccccc3)CCOCC2)cc1OC. The second-order valence-corrected chi connectivity index (χ2v) is 8.00. The van der Waals surface area contributed by atoms with E-state index in [0.717, 1.165) is 12.8 Å². The van der Waals surface area contributed by atoms with Crippen molar-refractivity contribution in [1.82, 2.24) is 5.32 Å². The fourth-order valence-corrected chi connectivity index (χ4v) is 4.43. The highest BCUT2D eigenvalue weighted by Crippen LogP contribution is 2.40. The van der Waals surface area contributed by atoms with E-state index in [1.807, 2.05) is 30.0 Å². The minimum atomic E-state index is -0.115. The maximum atomic E-state index is 12.7. The molecule has 0 spiro atoms. The summed E-state index contributed by atoms with van der Waals surface area (Å²) in [4.78, 5) is 13.9. The summed E-state index contributed by atoms with van der Waals surface area (Å²) in [5.41, 5.74) is 0.555. The molecular weight excluding hydrogens is 362 g/mol. The molecule has 1 aliphatic heterocycles. The van der Waals surface area contributed by atoms with Crippen LogP contribution in [-0.4, -0.2) is 44.6 Å². The molecule has 1 N–H and O–H groups in total. The summed E-state index contributed by atoms with van der Waals surface area (Å²) < 4.78 is 16.0. The third-order valence-corrected chi connectivity index (χ3v) is 6.19. The number of methoxy groups -OCH3 is 2. The smallest absolute Gasteiger partial charge is 0.251 e. The van der Waals surface area contributed by atoms with Gasteiger partial charge >= 0.3 is 0 Å². The first-order valence-corrected chi connectivity index (χ1v) is 9.79. The van der Waals surface area contributed by atoms with Gasteiger partial charge in [-0.05, 0) is 43.2 Å². The average Bonchev–Trinajstić information content (AvgIpc) is 2.73. The first kappa shape index (κ1) is 19.6. The van der Waals surface area contributed by atoms with Gasteiger partial charge in [0, 0.05) is 35.0 Å². The Morgan fingerprint density at radius 1 is 1.07 bits per heavy atom. The van der Waals surface area contributed by atoms with Gasteiger partial charge in [-0.1, -0.05) is 18.2 Å². The van der Waals surface area contributed by atoms with Crippen LogP contribution in [0.4, 0.5) is 0 Å². The van der Waals surface area contributed by atoms with Gasteiger partial charge in [0.25, 0.3) is 5.91 Å². The van der Waals surface area contributed by atoms with Crippen LogP contribution in [0.5, 0.6) is 11.5 Å². The molecule has 6 heteroatoms. The largest absolute Gasteiger partial charge is 0.493 e. The first-order chi connectivity index (χ1) is 13.2. The second-order valence-electron chi connectivity index (χ2n) is 6.46. The molecular formula is C21H25NO4S. The monoisotopic (exact) mass is 387 g/mol. The molecule has 2 aromatic rings. The Morgan fingerprint density at radius 3 is 2.44 bits per heavy atom. The van der Waals surface area contributed by atoms with Crippen molar-refractivity contribution in [3.8, 4) is 11.5 Å². The van der Waals surface area contributed by atoms with E-state index in [1.165, 1.54) is 4.90 Å². The van der Waals surface area contributed by atoms with E-state index in [1.54, 1.807) is 32.4 Å². The Hall–Kier alpha value is -2.18. The number of rotatable bonds is 7. The van der Waals surface area contributed by atoms with Crippen LogP contribution in [0.15, 0.2) is 53.4 Å². The molecule has 5 nitrogen and oxygen atoms in total. The number of hydrogen-bond acceptors (Lipinski definition) is 5. The Kier molecular flexibility index (Phi) is 6.63. The Labute approximate surface area is 164 Å². The number of carbonyl (C=O) groups excluding carboxylic acids is 1. The van der Waals surface area contributed by atoms with Crippen LogP contribution in [0.1, 0.15) is 23.2 Å². The minimum absolute atomic E-state index is 0.0637. The number of benzene rings is 2. The van der Waals surface area contributed by atoms with Crippen LogP contribution in [0, 0.1) is 0 Å². The topological polar surface area (TPSA) is 56.8 Å². The van der Waals surface area contributed by atoms with Gasteiger partial charge in [0.05, 0.1) is 14.2 Å². The van der Waals surface area contributed by atoms with Crippen molar-refractivity contribution in [2.24, 2.45) is 0 Å². The zero-order chi connectivity index (χ0) is 19.1. The molecule has 2 aromatic carbocycles. The maximum absolute atomic E-state index is 12.7. The van der Waals surface area contributed by atoms with Crippen molar-refractivity contribution in [2.45, 2.75) is 22.5 Å². The third kappa shape index (κ3) is 4.96. The highest BCUT2D eigenvalue weighted by molar-refractivity contribution is 8.00. The van der Waals surface area contributed by atoms with Gasteiger partial charge in [-0.2, -0.15) is 0 Å². The van der Waals surface area contributed by atoms with E-state index < -0.39 is 0 Å². The molecule has 0 aliphatic carbocycles. The molecule has 3 rings (SSSR count). The van der Waals surface area contributed by atoms with Crippen molar-refractivity contribution in [2.75, 3.05) is 34.0 Å². The summed E-state index contributed by atoms with van der Waals surface area (Å²) in [5, 5.41) is 3.11. The lowest BCUT2D eigenvalue weighted by atomic mass is 9.99. The zero-order valence-corrected chi connectivity index (χ0v) is 16.5. The molecule has 0 unspecified atom stereocenters. The number of hydrogen-bond donors (Lipinski definition) is 1. The minimum Gasteiger partial charge on any atom is -0.493 e. The van der Waals surface area contributed by atoms with Gasteiger partial charge in [0.1, 0.15) is 0 Å². The molecule has 144 valence electrons. The van der Waals surface area contributed by atoms with E-state index >= 15 is 0 Å². The van der Waals surface area contributed by atoms with E-state index in [0.29, 0.717) is 36.8 Å². The molecule has 0 bridgehead atoms. The fourth-order valence-electron chi connectivity index (χ4n) is 3.12. The Balaban J connectivity index is 1.70. The predicted molar refractivity (Wildman–Crippen MR) is 107 cm³/mol. The third-order valence-electron chi connectivity index (χ3n) is 4.70. The summed E-state index contributed by atoms with van der Waals surface area (Å²) in [5.74, 6) is 1.04. The van der Waals surface area contributed by atoms with Crippen LogP contribution in [0.2, 0.25) is 0 Å². The van der Waals surface area contributed by atoms with Crippen molar-refractivity contribution in [1.29, 1.82) is 0 Å². The van der Waals surface area contributed by atoms with Crippen LogP contribution >= 0.6 is 11.8 Å². The summed E-state index contributed by atoms with van der Waals surface area (Å²) >= 11 is 1.82. The van der Waals surface area contributed by atoms with Crippen LogP contribution in [-0.2, 0) is 4.74 Å². The summed E-state index contributed by atoms with van der Waals surface area (Å²) in [7, 11) is 3.14. The van der Waals surface area contributed by atoms with E-state index in [4.69, 9.17) is 14.2 Å². The molecule has 1 amide bonds. The number of amides is 1. The summed E-state index contributed by atoms with van der Waals surface area (Å²) in [6.45, 7) is 2.02. The quantitative estimate of drug-likeness (QED) is 0.784. The predicted octanol–water partition coefficient (Wildman–Crippen LogP) is 3.78. The van der Waals surface area contributed by atoms with Crippen molar-refractivity contribution >= 4 is 17.7 Å². The van der Waals surface area contributed by atoms with Gasteiger partial charge in [0.15, 0.2) is 11.5 Å². The normalized spacial score (nSPS) is 15.8. The van der Waals surface area contributed by atoms with Gasteiger partial charge in [-0.25, -0.2) is 0 Å². The average molecular weight is 388 g/mol. The van der Waals surface area contributed by atoms with Crippen LogP contribution in [0.3, 0.4) is 0 Å².